The van der Waals surface area contributed by atoms with Crippen molar-refractivity contribution >= 4 is 92.0 Å². The highest BCUT2D eigenvalue weighted by Crippen LogP contribution is 2.38. The van der Waals surface area contributed by atoms with Crippen LogP contribution in [0.5, 0.6) is 0 Å². The average molecular weight is 528 g/mol. The van der Waals surface area contributed by atoms with Crippen molar-refractivity contribution in [1.29, 1.82) is 0 Å². The summed E-state index contributed by atoms with van der Waals surface area (Å²) in [5.74, 6) is -1.91. The van der Waals surface area contributed by atoms with E-state index in [1.54, 1.807) is 29.8 Å². The minimum absolute atomic E-state index is 0.0441. The van der Waals surface area contributed by atoms with Crippen LogP contribution in [0.1, 0.15) is 10.4 Å². The number of rotatable bonds is 5. The fraction of sp³-hybridized carbons (Fsp3) is 0. The molecule has 0 saturated carbocycles. The summed E-state index contributed by atoms with van der Waals surface area (Å²) in [7, 11) is 0. The standard InChI is InChI=1S/C20H10Cl4N4O3S/c21-11-7-13(23)14(8-12(11)22)28-18(30)15(24)16(19(28)31)26-10-3-1-2-9(6-10)17(29)27-20-25-4-5-32-20/h1-8,26H,(H,25,27,29). The van der Waals surface area contributed by atoms with Crippen LogP contribution in [0.15, 0.2) is 58.7 Å². The first-order chi connectivity index (χ1) is 15.3. The lowest BCUT2D eigenvalue weighted by atomic mass is 10.2. The molecule has 0 spiro atoms. The largest absolute Gasteiger partial charge is 0.350 e. The quantitative estimate of drug-likeness (QED) is 0.323. The topological polar surface area (TPSA) is 91.4 Å². The van der Waals surface area contributed by atoms with Gasteiger partial charge in [-0.2, -0.15) is 0 Å². The van der Waals surface area contributed by atoms with Crippen molar-refractivity contribution in [1.82, 2.24) is 4.98 Å². The molecule has 162 valence electrons. The molecule has 3 amide bonds. The molecule has 32 heavy (non-hydrogen) atoms. The normalized spacial score (nSPS) is 13.7. The van der Waals surface area contributed by atoms with Gasteiger partial charge < -0.3 is 5.32 Å². The Morgan fingerprint density at radius 1 is 0.969 bits per heavy atom. The van der Waals surface area contributed by atoms with Gasteiger partial charge in [-0.05, 0) is 30.3 Å². The Morgan fingerprint density at radius 3 is 2.44 bits per heavy atom. The lowest BCUT2D eigenvalue weighted by Crippen LogP contribution is -2.32. The summed E-state index contributed by atoms with van der Waals surface area (Å²) in [5, 5.41) is 7.65. The van der Waals surface area contributed by atoms with Crippen molar-refractivity contribution < 1.29 is 14.4 Å². The maximum absolute atomic E-state index is 13.0. The Kier molecular flexibility index (Phi) is 6.41. The van der Waals surface area contributed by atoms with E-state index in [1.165, 1.54) is 29.5 Å². The third-order valence-corrected chi connectivity index (χ3v) is 6.37. The number of carbonyl (C=O) groups is 3. The van der Waals surface area contributed by atoms with Crippen molar-refractivity contribution in [3.8, 4) is 0 Å². The molecule has 1 aliphatic rings. The van der Waals surface area contributed by atoms with Crippen LogP contribution in [0, 0.1) is 0 Å². The predicted molar refractivity (Wildman–Crippen MR) is 127 cm³/mol. The Hall–Kier alpha value is -2.62. The van der Waals surface area contributed by atoms with Gasteiger partial charge in [0.1, 0.15) is 10.7 Å². The molecule has 3 aromatic rings. The summed E-state index contributed by atoms with van der Waals surface area (Å²) < 4.78 is 0. The molecule has 0 bridgehead atoms. The Morgan fingerprint density at radius 2 is 1.72 bits per heavy atom. The predicted octanol–water partition coefficient (Wildman–Crippen LogP) is 5.79. The van der Waals surface area contributed by atoms with Crippen LogP contribution in [0.2, 0.25) is 15.1 Å². The lowest BCUT2D eigenvalue weighted by Gasteiger charge is -2.17. The zero-order valence-electron chi connectivity index (χ0n) is 15.7. The molecule has 1 aliphatic heterocycles. The Balaban J connectivity index is 1.59. The number of halogens is 4. The van der Waals surface area contributed by atoms with Crippen molar-refractivity contribution in [3.05, 3.63) is 79.3 Å². The molecular weight excluding hydrogens is 518 g/mol. The fourth-order valence-corrected chi connectivity index (χ4v) is 4.21. The molecule has 0 atom stereocenters. The van der Waals surface area contributed by atoms with Gasteiger partial charge in [-0.15, -0.1) is 11.3 Å². The zero-order chi connectivity index (χ0) is 23.0. The van der Waals surface area contributed by atoms with Crippen LogP contribution < -0.4 is 15.5 Å². The first-order valence-electron chi connectivity index (χ1n) is 8.77. The van der Waals surface area contributed by atoms with Crippen LogP contribution in [0.3, 0.4) is 0 Å². The van der Waals surface area contributed by atoms with E-state index in [2.05, 4.69) is 15.6 Å². The highest BCUT2D eigenvalue weighted by Gasteiger charge is 2.40. The van der Waals surface area contributed by atoms with Gasteiger partial charge in [0, 0.05) is 22.8 Å². The molecule has 0 fully saturated rings. The van der Waals surface area contributed by atoms with Crippen LogP contribution in [-0.4, -0.2) is 22.7 Å². The SMILES string of the molecule is O=C(Nc1nccs1)c1cccc(NC2=C(Cl)C(=O)N(c3cc(Cl)c(Cl)cc3Cl)C2=O)c1. The summed E-state index contributed by atoms with van der Waals surface area (Å²) in [6.07, 6.45) is 1.57. The summed E-state index contributed by atoms with van der Waals surface area (Å²) in [6.45, 7) is 0. The number of hydrogen-bond donors (Lipinski definition) is 2. The van der Waals surface area contributed by atoms with Crippen molar-refractivity contribution in [3.63, 3.8) is 0 Å². The molecule has 2 aromatic carbocycles. The van der Waals surface area contributed by atoms with Gasteiger partial charge in [0.15, 0.2) is 5.13 Å². The molecule has 0 saturated heterocycles. The van der Waals surface area contributed by atoms with Crippen LogP contribution >= 0.6 is 57.7 Å². The van der Waals surface area contributed by atoms with Crippen LogP contribution in [0.4, 0.5) is 16.5 Å². The number of nitrogens with one attached hydrogen (secondary N) is 2. The smallest absolute Gasteiger partial charge is 0.283 e. The molecule has 4 rings (SSSR count). The molecule has 0 radical (unpaired) electrons. The second-order valence-electron chi connectivity index (χ2n) is 6.35. The molecule has 2 N–H and O–H groups in total. The average Bonchev–Trinajstić information content (AvgIpc) is 3.34. The minimum atomic E-state index is -0.780. The third-order valence-electron chi connectivity index (χ3n) is 4.30. The molecule has 0 unspecified atom stereocenters. The molecule has 7 nitrogen and oxygen atoms in total. The van der Waals surface area contributed by atoms with Crippen LogP contribution in [0.25, 0.3) is 0 Å². The maximum atomic E-state index is 13.0. The number of amides is 3. The van der Waals surface area contributed by atoms with Crippen molar-refractivity contribution in [2.75, 3.05) is 15.5 Å². The van der Waals surface area contributed by atoms with Gasteiger partial charge >= 0.3 is 0 Å². The monoisotopic (exact) mass is 526 g/mol. The number of benzene rings is 2. The summed E-state index contributed by atoms with van der Waals surface area (Å²) in [6, 6.07) is 8.95. The van der Waals surface area contributed by atoms with Gasteiger partial charge in [0.2, 0.25) is 0 Å². The van der Waals surface area contributed by atoms with E-state index >= 15 is 0 Å². The van der Waals surface area contributed by atoms with Gasteiger partial charge in [0.25, 0.3) is 17.7 Å². The van der Waals surface area contributed by atoms with Gasteiger partial charge in [0.05, 0.1) is 20.8 Å². The van der Waals surface area contributed by atoms with Gasteiger partial charge in [-0.3, -0.25) is 19.7 Å². The lowest BCUT2D eigenvalue weighted by molar-refractivity contribution is -0.120. The van der Waals surface area contributed by atoms with Crippen LogP contribution in [-0.2, 0) is 9.59 Å². The number of hydrogen-bond acceptors (Lipinski definition) is 6. The molecule has 12 heteroatoms. The Bertz CT molecular complexity index is 1290. The first-order valence-corrected chi connectivity index (χ1v) is 11.2. The second kappa shape index (κ2) is 9.09. The number of anilines is 3. The van der Waals surface area contributed by atoms with E-state index in [-0.39, 0.29) is 37.4 Å². The van der Waals surface area contributed by atoms with E-state index in [0.29, 0.717) is 16.4 Å². The van der Waals surface area contributed by atoms with E-state index in [0.717, 1.165) is 4.90 Å². The Labute approximate surface area is 205 Å². The summed E-state index contributed by atoms with van der Waals surface area (Å²) in [4.78, 5) is 42.9. The fourth-order valence-electron chi connectivity index (χ4n) is 2.85. The maximum Gasteiger partial charge on any atom is 0.283 e. The molecule has 0 aliphatic carbocycles. The first kappa shape index (κ1) is 22.6. The number of imide groups is 1. The number of thiazole rings is 1. The number of nitrogens with zero attached hydrogens (tertiary/aromatic N) is 2. The molecule has 2 heterocycles. The highest BCUT2D eigenvalue weighted by molar-refractivity contribution is 7.13. The number of aromatic nitrogens is 1. The molecular formula is C20H10Cl4N4O3S. The van der Waals surface area contributed by atoms with Crippen molar-refractivity contribution in [2.45, 2.75) is 0 Å². The van der Waals surface area contributed by atoms with E-state index in [1.807, 2.05) is 0 Å². The summed E-state index contributed by atoms with van der Waals surface area (Å²) >= 11 is 25.5. The van der Waals surface area contributed by atoms with Crippen molar-refractivity contribution in [2.24, 2.45) is 0 Å². The zero-order valence-corrected chi connectivity index (χ0v) is 19.5. The second-order valence-corrected chi connectivity index (χ2v) is 8.84. The number of carbonyl (C=O) groups excluding carboxylic acids is 3. The summed E-state index contributed by atoms with van der Waals surface area (Å²) in [5.41, 5.74) is 0.551. The molecule has 1 aromatic heterocycles. The van der Waals surface area contributed by atoms with E-state index in [9.17, 15) is 14.4 Å². The van der Waals surface area contributed by atoms with E-state index < -0.39 is 11.8 Å². The third kappa shape index (κ3) is 4.32. The minimum Gasteiger partial charge on any atom is -0.350 e. The van der Waals surface area contributed by atoms with Gasteiger partial charge in [-0.25, -0.2) is 9.88 Å². The highest BCUT2D eigenvalue weighted by atomic mass is 35.5. The van der Waals surface area contributed by atoms with E-state index in [4.69, 9.17) is 46.4 Å². The van der Waals surface area contributed by atoms with Gasteiger partial charge in [-0.1, -0.05) is 52.5 Å².